The molecule has 0 saturated carbocycles. The minimum atomic E-state index is 0.565. The predicted octanol–water partition coefficient (Wildman–Crippen LogP) is 2.56. The Balaban J connectivity index is 2.77. The predicted molar refractivity (Wildman–Crippen MR) is 70.8 cm³/mol. The third-order valence-electron chi connectivity index (χ3n) is 2.57. The van der Waals surface area contributed by atoms with E-state index in [4.69, 9.17) is 16.3 Å². The first kappa shape index (κ1) is 14.2. The second-order valence-corrected chi connectivity index (χ2v) is 4.34. The maximum atomic E-state index is 6.11. The Kier molecular flexibility index (Phi) is 6.22. The molecule has 0 spiro atoms. The van der Waals surface area contributed by atoms with Gasteiger partial charge in [0.15, 0.2) is 0 Å². The SMILES string of the molecule is CCCc1c(Cl)ncnc1N(C)CCCOC. The van der Waals surface area contributed by atoms with Crippen LogP contribution in [0.2, 0.25) is 5.15 Å². The number of hydrogen-bond donors (Lipinski definition) is 0. The standard InChI is InChI=1S/C12H20ClN3O/c1-4-6-10-11(13)14-9-15-12(10)16(2)7-5-8-17-3/h9H,4-8H2,1-3H3. The lowest BCUT2D eigenvalue weighted by atomic mass is 10.2. The van der Waals surface area contributed by atoms with Gasteiger partial charge in [0.1, 0.15) is 17.3 Å². The molecule has 0 amide bonds. The fourth-order valence-electron chi connectivity index (χ4n) is 1.73. The molecule has 0 radical (unpaired) electrons. The highest BCUT2D eigenvalue weighted by molar-refractivity contribution is 6.30. The van der Waals surface area contributed by atoms with Crippen molar-refractivity contribution < 1.29 is 4.74 Å². The van der Waals surface area contributed by atoms with Gasteiger partial charge >= 0.3 is 0 Å². The van der Waals surface area contributed by atoms with Gasteiger partial charge in [0.25, 0.3) is 0 Å². The van der Waals surface area contributed by atoms with E-state index in [9.17, 15) is 0 Å². The third kappa shape index (κ3) is 4.13. The van der Waals surface area contributed by atoms with Crippen LogP contribution in [0.3, 0.4) is 0 Å². The lowest BCUT2D eigenvalue weighted by Crippen LogP contribution is -2.22. The molecule has 0 unspecified atom stereocenters. The summed E-state index contributed by atoms with van der Waals surface area (Å²) in [6.07, 6.45) is 4.43. The number of halogens is 1. The first-order chi connectivity index (χ1) is 8.20. The van der Waals surface area contributed by atoms with Crippen LogP contribution in [-0.4, -0.2) is 37.3 Å². The molecule has 0 aromatic carbocycles. The molecule has 0 aliphatic rings. The normalized spacial score (nSPS) is 10.6. The second kappa shape index (κ2) is 7.45. The molecular formula is C12H20ClN3O. The van der Waals surface area contributed by atoms with E-state index >= 15 is 0 Å². The molecule has 4 nitrogen and oxygen atoms in total. The van der Waals surface area contributed by atoms with Crippen molar-refractivity contribution in [2.24, 2.45) is 0 Å². The van der Waals surface area contributed by atoms with Crippen LogP contribution in [0, 0.1) is 0 Å². The number of rotatable bonds is 7. The van der Waals surface area contributed by atoms with Crippen LogP contribution in [0.5, 0.6) is 0 Å². The number of methoxy groups -OCH3 is 1. The van der Waals surface area contributed by atoms with Gasteiger partial charge in [-0.15, -0.1) is 0 Å². The number of anilines is 1. The molecule has 0 bridgehead atoms. The number of hydrogen-bond acceptors (Lipinski definition) is 4. The topological polar surface area (TPSA) is 38.2 Å². The highest BCUT2D eigenvalue weighted by Gasteiger charge is 2.12. The fraction of sp³-hybridized carbons (Fsp3) is 0.667. The van der Waals surface area contributed by atoms with Crippen molar-refractivity contribution >= 4 is 17.4 Å². The van der Waals surface area contributed by atoms with Gasteiger partial charge in [0.2, 0.25) is 0 Å². The summed E-state index contributed by atoms with van der Waals surface area (Å²) in [5.74, 6) is 0.933. The smallest absolute Gasteiger partial charge is 0.137 e. The summed E-state index contributed by atoms with van der Waals surface area (Å²) in [7, 11) is 3.73. The lowest BCUT2D eigenvalue weighted by Gasteiger charge is -2.21. The van der Waals surface area contributed by atoms with Gasteiger partial charge in [-0.25, -0.2) is 9.97 Å². The van der Waals surface area contributed by atoms with E-state index in [1.54, 1.807) is 7.11 Å². The number of nitrogens with zero attached hydrogens (tertiary/aromatic N) is 3. The van der Waals surface area contributed by atoms with Crippen molar-refractivity contribution in [1.82, 2.24) is 9.97 Å². The van der Waals surface area contributed by atoms with Crippen LogP contribution in [0.15, 0.2) is 6.33 Å². The zero-order valence-corrected chi connectivity index (χ0v) is 11.5. The lowest BCUT2D eigenvalue weighted by molar-refractivity contribution is 0.196. The average molecular weight is 258 g/mol. The summed E-state index contributed by atoms with van der Waals surface area (Å²) in [4.78, 5) is 10.5. The van der Waals surface area contributed by atoms with Crippen molar-refractivity contribution in [3.8, 4) is 0 Å². The monoisotopic (exact) mass is 257 g/mol. The van der Waals surface area contributed by atoms with Gasteiger partial charge in [0.05, 0.1) is 0 Å². The molecule has 0 N–H and O–H groups in total. The van der Waals surface area contributed by atoms with Crippen molar-refractivity contribution in [2.45, 2.75) is 26.2 Å². The van der Waals surface area contributed by atoms with Gasteiger partial charge in [0, 0.05) is 32.9 Å². The van der Waals surface area contributed by atoms with E-state index in [0.717, 1.165) is 43.8 Å². The Hall–Kier alpha value is -0.870. The summed E-state index contributed by atoms with van der Waals surface area (Å²) in [6, 6.07) is 0. The molecule has 0 fully saturated rings. The van der Waals surface area contributed by atoms with E-state index in [1.165, 1.54) is 6.33 Å². The Morgan fingerprint density at radius 2 is 2.18 bits per heavy atom. The summed E-state index contributed by atoms with van der Waals surface area (Å²) in [6.45, 7) is 3.78. The van der Waals surface area contributed by atoms with Gasteiger partial charge in [-0.3, -0.25) is 0 Å². The van der Waals surface area contributed by atoms with Crippen molar-refractivity contribution in [1.29, 1.82) is 0 Å². The third-order valence-corrected chi connectivity index (χ3v) is 2.90. The number of ether oxygens (including phenoxy) is 1. The van der Waals surface area contributed by atoms with Crippen molar-refractivity contribution in [2.75, 3.05) is 32.2 Å². The van der Waals surface area contributed by atoms with Crippen LogP contribution in [-0.2, 0) is 11.2 Å². The molecule has 1 heterocycles. The molecule has 1 aromatic rings. The summed E-state index contributed by atoms with van der Waals surface area (Å²) < 4.78 is 5.04. The summed E-state index contributed by atoms with van der Waals surface area (Å²) in [5.41, 5.74) is 1.04. The van der Waals surface area contributed by atoms with Gasteiger partial charge in [-0.1, -0.05) is 24.9 Å². The minimum absolute atomic E-state index is 0.565. The Labute approximate surface area is 108 Å². The van der Waals surface area contributed by atoms with E-state index in [2.05, 4.69) is 21.8 Å². The van der Waals surface area contributed by atoms with E-state index in [0.29, 0.717) is 5.15 Å². The van der Waals surface area contributed by atoms with Crippen LogP contribution >= 0.6 is 11.6 Å². The average Bonchev–Trinajstić information content (AvgIpc) is 2.32. The van der Waals surface area contributed by atoms with Gasteiger partial charge < -0.3 is 9.64 Å². The van der Waals surface area contributed by atoms with Crippen molar-refractivity contribution in [3.05, 3.63) is 17.0 Å². The molecule has 0 aliphatic heterocycles. The molecule has 5 heteroatoms. The van der Waals surface area contributed by atoms with E-state index < -0.39 is 0 Å². The van der Waals surface area contributed by atoms with Crippen molar-refractivity contribution in [3.63, 3.8) is 0 Å². The first-order valence-electron chi connectivity index (χ1n) is 5.90. The highest BCUT2D eigenvalue weighted by atomic mass is 35.5. The van der Waals surface area contributed by atoms with Crippen LogP contribution < -0.4 is 4.90 Å². The summed E-state index contributed by atoms with van der Waals surface area (Å²) >= 11 is 6.11. The fourth-order valence-corrected chi connectivity index (χ4v) is 1.95. The second-order valence-electron chi connectivity index (χ2n) is 3.98. The molecule has 0 aliphatic carbocycles. The zero-order chi connectivity index (χ0) is 12.7. The Bertz CT molecular complexity index is 347. The molecule has 0 saturated heterocycles. The molecule has 0 atom stereocenters. The Morgan fingerprint density at radius 3 is 2.82 bits per heavy atom. The molecular weight excluding hydrogens is 238 g/mol. The quantitative estimate of drug-likeness (QED) is 0.556. The largest absolute Gasteiger partial charge is 0.385 e. The van der Waals surface area contributed by atoms with Gasteiger partial charge in [-0.2, -0.15) is 0 Å². The first-order valence-corrected chi connectivity index (χ1v) is 6.28. The highest BCUT2D eigenvalue weighted by Crippen LogP contribution is 2.23. The molecule has 96 valence electrons. The summed E-state index contributed by atoms with van der Waals surface area (Å²) in [5, 5.41) is 0.565. The van der Waals surface area contributed by atoms with Crippen LogP contribution in [0.1, 0.15) is 25.3 Å². The molecule has 1 aromatic heterocycles. The maximum absolute atomic E-state index is 6.11. The number of aromatic nitrogens is 2. The molecule has 1 rings (SSSR count). The Morgan fingerprint density at radius 1 is 1.41 bits per heavy atom. The van der Waals surface area contributed by atoms with E-state index in [-0.39, 0.29) is 0 Å². The maximum Gasteiger partial charge on any atom is 0.137 e. The zero-order valence-electron chi connectivity index (χ0n) is 10.7. The van der Waals surface area contributed by atoms with Crippen LogP contribution in [0.25, 0.3) is 0 Å². The van der Waals surface area contributed by atoms with Gasteiger partial charge in [-0.05, 0) is 12.8 Å². The van der Waals surface area contributed by atoms with Crippen LogP contribution in [0.4, 0.5) is 5.82 Å². The van der Waals surface area contributed by atoms with E-state index in [1.807, 2.05) is 7.05 Å². The molecule has 17 heavy (non-hydrogen) atoms. The minimum Gasteiger partial charge on any atom is -0.385 e.